The summed E-state index contributed by atoms with van der Waals surface area (Å²) in [5, 5.41) is 0. The van der Waals surface area contributed by atoms with E-state index in [2.05, 4.69) is 13.8 Å². The van der Waals surface area contributed by atoms with E-state index in [4.69, 9.17) is 9.47 Å². The molecule has 0 spiro atoms. The van der Waals surface area contributed by atoms with Gasteiger partial charge in [-0.3, -0.25) is 0 Å². The summed E-state index contributed by atoms with van der Waals surface area (Å²) in [5.74, 6) is 0.934. The zero-order chi connectivity index (χ0) is 9.56. The summed E-state index contributed by atoms with van der Waals surface area (Å²) in [6.45, 7) is 8.07. The van der Waals surface area contributed by atoms with Crippen molar-refractivity contribution in [2.45, 2.75) is 32.8 Å². The monoisotopic (exact) mass is 260 g/mol. The molecule has 0 fully saturated rings. The van der Waals surface area contributed by atoms with Crippen molar-refractivity contribution in [3.63, 3.8) is 0 Å². The molecule has 0 bridgehead atoms. The number of rotatable bonds is 5. The smallest absolute Gasteiger partial charge is 0.0527 e. The topological polar surface area (TPSA) is 18.5 Å². The maximum Gasteiger partial charge on any atom is 0.0527 e. The van der Waals surface area contributed by atoms with Crippen LogP contribution in [0.1, 0.15) is 26.7 Å². The Morgan fingerprint density at radius 2 is 1.85 bits per heavy atom. The van der Waals surface area contributed by atoms with Crippen molar-refractivity contribution >= 4 is 0 Å². The van der Waals surface area contributed by atoms with Crippen molar-refractivity contribution in [3.8, 4) is 0 Å². The van der Waals surface area contributed by atoms with E-state index >= 15 is 0 Å². The maximum absolute atomic E-state index is 5.25. The van der Waals surface area contributed by atoms with E-state index in [9.17, 15) is 0 Å². The van der Waals surface area contributed by atoms with Gasteiger partial charge in [0.15, 0.2) is 0 Å². The summed E-state index contributed by atoms with van der Waals surface area (Å²) in [6.07, 6.45) is 1.90. The van der Waals surface area contributed by atoms with Crippen molar-refractivity contribution in [2.75, 3.05) is 14.2 Å². The van der Waals surface area contributed by atoms with Gasteiger partial charge in [0, 0.05) is 39.8 Å². The van der Waals surface area contributed by atoms with E-state index in [1.807, 2.05) is 6.92 Å². The van der Waals surface area contributed by atoms with E-state index in [1.54, 1.807) is 14.2 Å². The third kappa shape index (κ3) is 5.04. The Hall–Kier alpha value is 0.474. The number of methoxy groups -OCH3 is 2. The molecule has 3 heteroatoms. The minimum Gasteiger partial charge on any atom is -0.585 e. The Labute approximate surface area is 107 Å². The van der Waals surface area contributed by atoms with Crippen LogP contribution in [-0.4, -0.2) is 20.3 Å². The molecule has 0 aliphatic carbocycles. The standard InChI is InChI=1S/C10H19O2.Y/c1-6-9(11-4)8(3)10(7-2)12-5;/h9H,3,6-7H2,1-2,4-5H3;/q-1;/b10-8-;. The first-order valence-electron chi connectivity index (χ1n) is 4.32. The minimum atomic E-state index is 0. The molecule has 0 aliphatic heterocycles. The van der Waals surface area contributed by atoms with E-state index in [-0.39, 0.29) is 38.8 Å². The fourth-order valence-electron chi connectivity index (χ4n) is 1.24. The molecular weight excluding hydrogens is 241 g/mol. The molecule has 0 aromatic rings. The van der Waals surface area contributed by atoms with E-state index in [0.29, 0.717) is 0 Å². The van der Waals surface area contributed by atoms with Gasteiger partial charge in [0.1, 0.15) is 0 Å². The molecular formula is C10H19O2Y-. The molecule has 13 heavy (non-hydrogen) atoms. The van der Waals surface area contributed by atoms with Crippen LogP contribution >= 0.6 is 0 Å². The molecule has 0 aromatic carbocycles. The fourth-order valence-corrected chi connectivity index (χ4v) is 1.24. The second-order valence-corrected chi connectivity index (χ2v) is 2.64. The molecule has 0 amide bonds. The SMILES string of the molecule is [CH2-]/C(=C(\CC)OC)C(CC)OC.[Y]. The molecule has 0 N–H and O–H groups in total. The van der Waals surface area contributed by atoms with Crippen LogP contribution in [0.25, 0.3) is 0 Å². The van der Waals surface area contributed by atoms with Gasteiger partial charge >= 0.3 is 0 Å². The Morgan fingerprint density at radius 1 is 1.31 bits per heavy atom. The number of hydrogen-bond donors (Lipinski definition) is 0. The molecule has 0 rings (SSSR count). The Kier molecular flexibility index (Phi) is 11.1. The van der Waals surface area contributed by atoms with Gasteiger partial charge in [-0.25, -0.2) is 6.92 Å². The third-order valence-corrected chi connectivity index (χ3v) is 1.97. The Balaban J connectivity index is 0. The summed E-state index contributed by atoms with van der Waals surface area (Å²) in [7, 11) is 3.37. The molecule has 1 atom stereocenters. The van der Waals surface area contributed by atoms with Gasteiger partial charge in [0.05, 0.1) is 13.2 Å². The third-order valence-electron chi connectivity index (χ3n) is 1.97. The number of allylic oxidation sites excluding steroid dienone is 1. The van der Waals surface area contributed by atoms with Gasteiger partial charge in [-0.15, -0.1) is 0 Å². The summed E-state index contributed by atoms with van der Waals surface area (Å²) >= 11 is 0. The molecule has 2 nitrogen and oxygen atoms in total. The number of hydrogen-bond acceptors (Lipinski definition) is 2. The first kappa shape index (κ1) is 15.9. The number of ether oxygens (including phenoxy) is 2. The summed E-state index contributed by atoms with van der Waals surface area (Å²) < 4.78 is 10.4. The predicted octanol–water partition coefficient (Wildman–Crippen LogP) is 2.55. The van der Waals surface area contributed by atoms with Crippen LogP contribution in [-0.2, 0) is 42.2 Å². The van der Waals surface area contributed by atoms with Crippen molar-refractivity contribution in [2.24, 2.45) is 0 Å². The second-order valence-electron chi connectivity index (χ2n) is 2.64. The van der Waals surface area contributed by atoms with Crippen molar-refractivity contribution in [1.82, 2.24) is 0 Å². The molecule has 0 heterocycles. The van der Waals surface area contributed by atoms with Crippen molar-refractivity contribution < 1.29 is 42.2 Å². The average Bonchev–Trinajstić information content (AvgIpc) is 2.09. The molecule has 0 saturated carbocycles. The van der Waals surface area contributed by atoms with Crippen LogP contribution in [0.15, 0.2) is 11.3 Å². The first-order chi connectivity index (χ1) is 5.71. The van der Waals surface area contributed by atoms with Gasteiger partial charge in [0.2, 0.25) is 0 Å². The van der Waals surface area contributed by atoms with Gasteiger partial charge in [-0.1, -0.05) is 26.0 Å². The molecule has 1 unspecified atom stereocenters. The predicted molar refractivity (Wildman–Crippen MR) is 50.8 cm³/mol. The normalized spacial score (nSPS) is 14.2. The van der Waals surface area contributed by atoms with Gasteiger partial charge in [0.25, 0.3) is 0 Å². The van der Waals surface area contributed by atoms with Crippen LogP contribution < -0.4 is 0 Å². The minimum absolute atomic E-state index is 0. The summed E-state index contributed by atoms with van der Waals surface area (Å²) in [4.78, 5) is 0. The van der Waals surface area contributed by atoms with Gasteiger partial charge < -0.3 is 9.47 Å². The zero-order valence-electron chi connectivity index (χ0n) is 9.09. The zero-order valence-corrected chi connectivity index (χ0v) is 11.9. The Bertz CT molecular complexity index is 145. The van der Waals surface area contributed by atoms with Crippen molar-refractivity contribution in [1.29, 1.82) is 0 Å². The quantitative estimate of drug-likeness (QED) is 0.558. The van der Waals surface area contributed by atoms with Gasteiger partial charge in [-0.05, 0) is 6.42 Å². The largest absolute Gasteiger partial charge is 0.585 e. The molecule has 0 saturated heterocycles. The van der Waals surface area contributed by atoms with E-state index < -0.39 is 0 Å². The fraction of sp³-hybridized carbons (Fsp3) is 0.700. The maximum atomic E-state index is 5.25. The first-order valence-corrected chi connectivity index (χ1v) is 4.32. The molecule has 0 aliphatic rings. The van der Waals surface area contributed by atoms with Crippen LogP contribution in [0.3, 0.4) is 0 Å². The summed E-state index contributed by atoms with van der Waals surface area (Å²) in [6, 6.07) is 0. The Morgan fingerprint density at radius 3 is 2.08 bits per heavy atom. The molecule has 75 valence electrons. The van der Waals surface area contributed by atoms with E-state index in [1.165, 1.54) is 0 Å². The average molecular weight is 260 g/mol. The molecule has 1 radical (unpaired) electrons. The van der Waals surface area contributed by atoms with Crippen LogP contribution in [0.4, 0.5) is 0 Å². The summed E-state index contributed by atoms with van der Waals surface area (Å²) in [5.41, 5.74) is 0.963. The second kappa shape index (κ2) is 9.05. The molecule has 0 aromatic heterocycles. The van der Waals surface area contributed by atoms with Crippen LogP contribution in [0.2, 0.25) is 0 Å². The van der Waals surface area contributed by atoms with Gasteiger partial charge in [-0.2, -0.15) is 5.57 Å². The van der Waals surface area contributed by atoms with Crippen LogP contribution in [0, 0.1) is 6.92 Å². The van der Waals surface area contributed by atoms with E-state index in [0.717, 1.165) is 24.2 Å². The van der Waals surface area contributed by atoms with Crippen molar-refractivity contribution in [3.05, 3.63) is 18.3 Å². The van der Waals surface area contributed by atoms with Crippen LogP contribution in [0.5, 0.6) is 0 Å².